The van der Waals surface area contributed by atoms with Gasteiger partial charge in [-0.3, -0.25) is 10.2 Å². The molecule has 0 bridgehead atoms. The van der Waals surface area contributed by atoms with Gasteiger partial charge in [-0.05, 0) is 67.6 Å². The second kappa shape index (κ2) is 10.3. The van der Waals surface area contributed by atoms with E-state index in [1.54, 1.807) is 12.1 Å². The van der Waals surface area contributed by atoms with E-state index in [9.17, 15) is 9.59 Å². The Bertz CT molecular complexity index is 1100. The number of nitrogens with one attached hydrogen (secondary N) is 4. The van der Waals surface area contributed by atoms with Crippen molar-refractivity contribution in [1.29, 1.82) is 5.41 Å². The van der Waals surface area contributed by atoms with E-state index in [-0.39, 0.29) is 5.91 Å². The summed E-state index contributed by atoms with van der Waals surface area (Å²) >= 11 is 1.40. The number of amidine groups is 1. The largest absolute Gasteiger partial charge is 0.357 e. The molecule has 33 heavy (non-hydrogen) atoms. The summed E-state index contributed by atoms with van der Waals surface area (Å²) in [6, 6.07) is 17.1. The van der Waals surface area contributed by atoms with Gasteiger partial charge in [-0.25, -0.2) is 4.79 Å². The molecule has 7 nitrogen and oxygen atoms in total. The summed E-state index contributed by atoms with van der Waals surface area (Å²) in [7, 11) is 0. The van der Waals surface area contributed by atoms with Crippen LogP contribution in [0.15, 0.2) is 66.0 Å². The Balaban J connectivity index is 1.42. The number of nitrogens with zero attached hydrogens (tertiary/aromatic N) is 1. The van der Waals surface area contributed by atoms with Crippen LogP contribution in [0.4, 0.5) is 16.2 Å². The van der Waals surface area contributed by atoms with Crippen LogP contribution in [0, 0.1) is 12.3 Å². The number of rotatable bonds is 6. The molecule has 8 heteroatoms. The van der Waals surface area contributed by atoms with Gasteiger partial charge in [-0.15, -0.1) is 11.3 Å². The molecule has 2 aromatic carbocycles. The molecule has 2 heterocycles. The maximum Gasteiger partial charge on any atom is 0.320 e. The molecule has 1 aliphatic rings. The average Bonchev–Trinajstić information content (AvgIpc) is 3.54. The van der Waals surface area contributed by atoms with Gasteiger partial charge in [0, 0.05) is 34.9 Å². The Morgan fingerprint density at radius 3 is 2.21 bits per heavy atom. The maximum atomic E-state index is 13.1. The molecule has 0 spiro atoms. The zero-order valence-corrected chi connectivity index (χ0v) is 19.2. The smallest absolute Gasteiger partial charge is 0.320 e. The van der Waals surface area contributed by atoms with E-state index in [0.29, 0.717) is 17.2 Å². The van der Waals surface area contributed by atoms with Gasteiger partial charge in [0.05, 0.1) is 0 Å². The minimum Gasteiger partial charge on any atom is -0.357 e. The SMILES string of the molecule is Cc1ccc(NC(=O)NC(C(=O)Nc2ccc(C(=N)N3CCCC3)cc2)c2cccs2)cc1. The minimum atomic E-state index is -0.835. The summed E-state index contributed by atoms with van der Waals surface area (Å²) in [5, 5.41) is 18.7. The summed E-state index contributed by atoms with van der Waals surface area (Å²) in [4.78, 5) is 28.5. The van der Waals surface area contributed by atoms with Gasteiger partial charge in [0.15, 0.2) is 0 Å². The molecule has 3 amide bonds. The molecule has 1 atom stereocenters. The summed E-state index contributed by atoms with van der Waals surface area (Å²) in [6.07, 6.45) is 2.23. The second-order valence-electron chi connectivity index (χ2n) is 8.02. The van der Waals surface area contributed by atoms with Crippen LogP contribution < -0.4 is 16.0 Å². The zero-order valence-electron chi connectivity index (χ0n) is 18.4. The Morgan fingerprint density at radius 2 is 1.58 bits per heavy atom. The van der Waals surface area contributed by atoms with Crippen molar-refractivity contribution in [2.45, 2.75) is 25.8 Å². The van der Waals surface area contributed by atoms with Crippen LogP contribution in [-0.4, -0.2) is 35.8 Å². The van der Waals surface area contributed by atoms with Gasteiger partial charge >= 0.3 is 6.03 Å². The molecule has 1 fully saturated rings. The first-order valence-electron chi connectivity index (χ1n) is 10.9. The van der Waals surface area contributed by atoms with Crippen molar-refractivity contribution in [2.75, 3.05) is 23.7 Å². The van der Waals surface area contributed by atoms with Crippen molar-refractivity contribution in [3.8, 4) is 0 Å². The van der Waals surface area contributed by atoms with E-state index in [0.717, 1.165) is 41.9 Å². The zero-order chi connectivity index (χ0) is 23.2. The summed E-state index contributed by atoms with van der Waals surface area (Å²) in [6.45, 7) is 3.80. The van der Waals surface area contributed by atoms with E-state index < -0.39 is 12.1 Å². The van der Waals surface area contributed by atoms with Crippen molar-refractivity contribution < 1.29 is 9.59 Å². The van der Waals surface area contributed by atoms with Gasteiger partial charge in [-0.2, -0.15) is 0 Å². The van der Waals surface area contributed by atoms with Crippen LogP contribution in [0.5, 0.6) is 0 Å². The lowest BCUT2D eigenvalue weighted by Crippen LogP contribution is -2.39. The number of likely N-dealkylation sites (tertiary alicyclic amines) is 1. The minimum absolute atomic E-state index is 0.334. The molecule has 0 radical (unpaired) electrons. The average molecular weight is 462 g/mol. The van der Waals surface area contributed by atoms with Gasteiger partial charge in [-0.1, -0.05) is 23.8 Å². The van der Waals surface area contributed by atoms with E-state index in [4.69, 9.17) is 5.41 Å². The number of benzene rings is 2. The predicted octanol–water partition coefficient (Wildman–Crippen LogP) is 4.98. The van der Waals surface area contributed by atoms with Crippen LogP contribution in [0.1, 0.15) is 34.9 Å². The Morgan fingerprint density at radius 1 is 0.939 bits per heavy atom. The van der Waals surface area contributed by atoms with Gasteiger partial charge < -0.3 is 20.9 Å². The number of carbonyl (C=O) groups excluding carboxylic acids is 2. The van der Waals surface area contributed by atoms with Crippen molar-refractivity contribution in [3.05, 3.63) is 82.0 Å². The summed E-state index contributed by atoms with van der Waals surface area (Å²) in [5.41, 5.74) is 3.18. The monoisotopic (exact) mass is 461 g/mol. The molecule has 1 unspecified atom stereocenters. The molecule has 4 N–H and O–H groups in total. The summed E-state index contributed by atoms with van der Waals surface area (Å²) < 4.78 is 0. The number of thiophene rings is 1. The number of urea groups is 1. The number of hydrogen-bond donors (Lipinski definition) is 4. The van der Waals surface area contributed by atoms with Gasteiger partial charge in [0.25, 0.3) is 5.91 Å². The van der Waals surface area contributed by atoms with Crippen molar-refractivity contribution in [2.24, 2.45) is 0 Å². The third-order valence-electron chi connectivity index (χ3n) is 5.52. The maximum absolute atomic E-state index is 13.1. The predicted molar refractivity (Wildman–Crippen MR) is 133 cm³/mol. The Labute approximate surface area is 197 Å². The van der Waals surface area contributed by atoms with Crippen LogP contribution in [0.2, 0.25) is 0 Å². The molecule has 0 aliphatic carbocycles. The third-order valence-corrected chi connectivity index (χ3v) is 6.46. The lowest BCUT2D eigenvalue weighted by atomic mass is 10.1. The third kappa shape index (κ3) is 5.78. The summed E-state index contributed by atoms with van der Waals surface area (Å²) in [5.74, 6) is 0.176. The molecule has 1 aromatic heterocycles. The quantitative estimate of drug-likeness (QED) is 0.308. The van der Waals surface area contributed by atoms with Gasteiger partial charge in [0.2, 0.25) is 0 Å². The van der Waals surface area contributed by atoms with Gasteiger partial charge in [0.1, 0.15) is 11.9 Å². The molecule has 4 rings (SSSR count). The van der Waals surface area contributed by atoms with Crippen molar-refractivity contribution in [3.63, 3.8) is 0 Å². The Kier molecular flexibility index (Phi) is 7.04. The normalized spacial score (nSPS) is 13.9. The van der Waals surface area contributed by atoms with Crippen LogP contribution in [0.3, 0.4) is 0 Å². The molecular weight excluding hydrogens is 434 g/mol. The number of anilines is 2. The van der Waals surface area contributed by atoms with Crippen molar-refractivity contribution >= 4 is 40.5 Å². The van der Waals surface area contributed by atoms with Crippen LogP contribution in [-0.2, 0) is 4.79 Å². The van der Waals surface area contributed by atoms with Crippen molar-refractivity contribution in [1.82, 2.24) is 10.2 Å². The molecule has 3 aromatic rings. The first kappa shape index (κ1) is 22.5. The fourth-order valence-electron chi connectivity index (χ4n) is 3.71. The lowest BCUT2D eigenvalue weighted by molar-refractivity contribution is -0.118. The molecule has 1 aliphatic heterocycles. The molecular formula is C25H27N5O2S. The Hall–Kier alpha value is -3.65. The van der Waals surface area contributed by atoms with E-state index in [1.165, 1.54) is 11.3 Å². The fraction of sp³-hybridized carbons (Fsp3) is 0.240. The van der Waals surface area contributed by atoms with E-state index >= 15 is 0 Å². The highest BCUT2D eigenvalue weighted by atomic mass is 32.1. The highest BCUT2D eigenvalue weighted by Crippen LogP contribution is 2.22. The van der Waals surface area contributed by atoms with Crippen LogP contribution >= 0.6 is 11.3 Å². The standard InChI is InChI=1S/C25H27N5O2S/c1-17-6-10-20(11-7-17)28-25(32)29-22(21-5-4-16-33-21)24(31)27-19-12-8-18(9-13-19)23(26)30-14-2-3-15-30/h4-13,16,22,26H,2-3,14-15H2,1H3,(H,27,31)(H2,28,29,32). The first-order valence-corrected chi connectivity index (χ1v) is 11.8. The fourth-order valence-corrected chi connectivity index (χ4v) is 4.48. The number of amides is 3. The number of carbonyl (C=O) groups is 2. The highest BCUT2D eigenvalue weighted by Gasteiger charge is 2.24. The second-order valence-corrected chi connectivity index (χ2v) is 9.00. The highest BCUT2D eigenvalue weighted by molar-refractivity contribution is 7.10. The number of hydrogen-bond acceptors (Lipinski definition) is 4. The molecule has 1 saturated heterocycles. The first-order chi connectivity index (χ1) is 16.0. The van der Waals surface area contributed by atoms with E-state index in [1.807, 2.05) is 60.8 Å². The lowest BCUT2D eigenvalue weighted by Gasteiger charge is -2.19. The molecule has 0 saturated carbocycles. The number of aryl methyl sites for hydroxylation is 1. The molecule has 170 valence electrons. The topological polar surface area (TPSA) is 97.3 Å². The van der Waals surface area contributed by atoms with Crippen LogP contribution in [0.25, 0.3) is 0 Å². The van der Waals surface area contributed by atoms with E-state index in [2.05, 4.69) is 20.9 Å².